The number of hydrogen-bond donors (Lipinski definition) is 3. The van der Waals surface area contributed by atoms with Crippen LogP contribution in [0.15, 0.2) is 12.2 Å². The van der Waals surface area contributed by atoms with Gasteiger partial charge in [-0.3, -0.25) is 9.59 Å². The van der Waals surface area contributed by atoms with Gasteiger partial charge in [-0.05, 0) is 25.7 Å². The largest absolute Gasteiger partial charge is 0.481 e. The number of nitrogens with one attached hydrogen (secondary N) is 1. The summed E-state index contributed by atoms with van der Waals surface area (Å²) in [6.07, 6.45) is 6.43. The van der Waals surface area contributed by atoms with Crippen LogP contribution >= 0.6 is 0 Å². The molecular formula is C13H19NO4. The summed E-state index contributed by atoms with van der Waals surface area (Å²) in [7, 11) is 0. The molecule has 2 aliphatic carbocycles. The molecule has 3 N–H and O–H groups in total. The minimum Gasteiger partial charge on any atom is -0.481 e. The van der Waals surface area contributed by atoms with Gasteiger partial charge in [0.05, 0.1) is 18.4 Å². The van der Waals surface area contributed by atoms with Crippen LogP contribution in [0, 0.1) is 17.3 Å². The molecule has 1 fully saturated rings. The summed E-state index contributed by atoms with van der Waals surface area (Å²) >= 11 is 0. The number of carboxylic acid groups (broad SMARTS) is 1. The first-order valence-corrected chi connectivity index (χ1v) is 6.34. The first-order chi connectivity index (χ1) is 8.58. The Morgan fingerprint density at radius 1 is 1.22 bits per heavy atom. The molecule has 0 radical (unpaired) electrons. The lowest BCUT2D eigenvalue weighted by Crippen LogP contribution is -2.41. The Balaban J connectivity index is 1.91. The standard InChI is InChI=1S/C13H19NO4/c15-8-13(5-6-13)7-14-11(16)9-3-1-2-4-10(9)12(17)18/h1-2,9-10,15H,3-8H2,(H,14,16)(H,17,18)/t9-,10+/m1/s1. The normalized spacial score (nSPS) is 28.7. The molecule has 5 nitrogen and oxygen atoms in total. The highest BCUT2D eigenvalue weighted by Gasteiger charge is 2.43. The number of carboxylic acids is 1. The molecule has 0 aromatic rings. The van der Waals surface area contributed by atoms with Crippen molar-refractivity contribution in [3.8, 4) is 0 Å². The van der Waals surface area contributed by atoms with Gasteiger partial charge in [-0.2, -0.15) is 0 Å². The summed E-state index contributed by atoms with van der Waals surface area (Å²) in [5.74, 6) is -2.23. The first kappa shape index (κ1) is 13.1. The summed E-state index contributed by atoms with van der Waals surface area (Å²) < 4.78 is 0. The van der Waals surface area contributed by atoms with Gasteiger partial charge in [0.15, 0.2) is 0 Å². The molecule has 0 bridgehead atoms. The van der Waals surface area contributed by atoms with E-state index >= 15 is 0 Å². The van der Waals surface area contributed by atoms with E-state index in [9.17, 15) is 9.59 Å². The average molecular weight is 253 g/mol. The zero-order chi connectivity index (χ0) is 13.2. The van der Waals surface area contributed by atoms with Crippen LogP contribution in [0.3, 0.4) is 0 Å². The number of aliphatic carboxylic acids is 1. The quantitative estimate of drug-likeness (QED) is 0.624. The van der Waals surface area contributed by atoms with Crippen LogP contribution in [0.4, 0.5) is 0 Å². The first-order valence-electron chi connectivity index (χ1n) is 6.34. The number of aliphatic hydroxyl groups excluding tert-OH is 1. The van der Waals surface area contributed by atoms with E-state index in [1.54, 1.807) is 0 Å². The van der Waals surface area contributed by atoms with Crippen LogP contribution in [0.2, 0.25) is 0 Å². The number of allylic oxidation sites excluding steroid dienone is 2. The molecule has 0 aromatic heterocycles. The molecule has 18 heavy (non-hydrogen) atoms. The van der Waals surface area contributed by atoms with Gasteiger partial charge >= 0.3 is 5.97 Å². The average Bonchev–Trinajstić information content (AvgIpc) is 3.16. The summed E-state index contributed by atoms with van der Waals surface area (Å²) in [6, 6.07) is 0. The molecule has 1 saturated carbocycles. The van der Waals surface area contributed by atoms with Crippen molar-refractivity contribution >= 4 is 11.9 Å². The Labute approximate surface area is 106 Å². The number of hydrogen-bond acceptors (Lipinski definition) is 3. The minimum absolute atomic E-state index is 0.0835. The molecular weight excluding hydrogens is 234 g/mol. The summed E-state index contributed by atoms with van der Waals surface area (Å²) in [5, 5.41) is 21.0. The van der Waals surface area contributed by atoms with Gasteiger partial charge in [0.1, 0.15) is 0 Å². The molecule has 2 rings (SSSR count). The molecule has 0 heterocycles. The second-order valence-electron chi connectivity index (χ2n) is 5.37. The zero-order valence-electron chi connectivity index (χ0n) is 10.3. The highest BCUT2D eigenvalue weighted by molar-refractivity contribution is 5.85. The Morgan fingerprint density at radius 2 is 1.83 bits per heavy atom. The van der Waals surface area contributed by atoms with E-state index in [-0.39, 0.29) is 17.9 Å². The van der Waals surface area contributed by atoms with E-state index in [2.05, 4.69) is 5.32 Å². The van der Waals surface area contributed by atoms with Crippen molar-refractivity contribution < 1.29 is 19.8 Å². The zero-order valence-corrected chi connectivity index (χ0v) is 10.3. The molecule has 0 saturated heterocycles. The number of carbonyl (C=O) groups is 2. The van der Waals surface area contributed by atoms with Gasteiger partial charge in [-0.15, -0.1) is 0 Å². The SMILES string of the molecule is O=C(O)[C@H]1CC=CC[C@H]1C(=O)NCC1(CO)CC1. The van der Waals surface area contributed by atoms with Gasteiger partial charge in [0.2, 0.25) is 5.91 Å². The predicted molar refractivity (Wildman–Crippen MR) is 64.8 cm³/mol. The summed E-state index contributed by atoms with van der Waals surface area (Å²) in [4.78, 5) is 23.1. The van der Waals surface area contributed by atoms with Crippen molar-refractivity contribution in [3.05, 3.63) is 12.2 Å². The fourth-order valence-electron chi connectivity index (χ4n) is 2.35. The lowest BCUT2D eigenvalue weighted by Gasteiger charge is -2.25. The van der Waals surface area contributed by atoms with E-state index in [4.69, 9.17) is 10.2 Å². The maximum atomic E-state index is 12.0. The molecule has 2 aliphatic rings. The van der Waals surface area contributed by atoms with Crippen LogP contribution in [0.5, 0.6) is 0 Å². The fraction of sp³-hybridized carbons (Fsp3) is 0.692. The Bertz CT molecular complexity index is 373. The Kier molecular flexibility index (Phi) is 3.71. The van der Waals surface area contributed by atoms with E-state index in [1.165, 1.54) is 0 Å². The number of rotatable bonds is 5. The molecule has 100 valence electrons. The third kappa shape index (κ3) is 2.72. The van der Waals surface area contributed by atoms with Crippen LogP contribution < -0.4 is 5.32 Å². The third-order valence-corrected chi connectivity index (χ3v) is 4.02. The van der Waals surface area contributed by atoms with Crippen molar-refractivity contribution in [1.82, 2.24) is 5.32 Å². The molecule has 5 heteroatoms. The Morgan fingerprint density at radius 3 is 2.33 bits per heavy atom. The topological polar surface area (TPSA) is 86.6 Å². The van der Waals surface area contributed by atoms with Crippen LogP contribution in [0.25, 0.3) is 0 Å². The molecule has 0 aromatic carbocycles. The monoisotopic (exact) mass is 253 g/mol. The van der Waals surface area contributed by atoms with Crippen molar-refractivity contribution in [1.29, 1.82) is 0 Å². The second kappa shape index (κ2) is 5.10. The predicted octanol–water partition coefficient (Wildman–Crippen LogP) is 0.542. The molecule has 0 spiro atoms. The van der Waals surface area contributed by atoms with Gasteiger partial charge in [0.25, 0.3) is 0 Å². The lowest BCUT2D eigenvalue weighted by atomic mass is 9.82. The maximum absolute atomic E-state index is 12.0. The highest BCUT2D eigenvalue weighted by Crippen LogP contribution is 2.44. The van der Waals surface area contributed by atoms with Gasteiger partial charge in [-0.25, -0.2) is 0 Å². The van der Waals surface area contributed by atoms with Gasteiger partial charge in [0, 0.05) is 12.0 Å². The molecule has 2 atom stereocenters. The van der Waals surface area contributed by atoms with Crippen molar-refractivity contribution in [3.63, 3.8) is 0 Å². The molecule has 1 amide bonds. The van der Waals surface area contributed by atoms with E-state index in [1.807, 2.05) is 12.2 Å². The van der Waals surface area contributed by atoms with Gasteiger partial charge in [-0.1, -0.05) is 12.2 Å². The number of aliphatic hydroxyl groups is 1. The van der Waals surface area contributed by atoms with Crippen molar-refractivity contribution in [2.75, 3.05) is 13.2 Å². The van der Waals surface area contributed by atoms with Crippen LogP contribution in [0.1, 0.15) is 25.7 Å². The van der Waals surface area contributed by atoms with Crippen molar-refractivity contribution in [2.24, 2.45) is 17.3 Å². The smallest absolute Gasteiger partial charge is 0.307 e. The van der Waals surface area contributed by atoms with E-state index < -0.39 is 17.8 Å². The van der Waals surface area contributed by atoms with Crippen LogP contribution in [-0.4, -0.2) is 35.2 Å². The van der Waals surface area contributed by atoms with E-state index in [0.29, 0.717) is 19.4 Å². The molecule has 0 aliphatic heterocycles. The fourth-order valence-corrected chi connectivity index (χ4v) is 2.35. The Hall–Kier alpha value is -1.36. The third-order valence-electron chi connectivity index (χ3n) is 4.02. The van der Waals surface area contributed by atoms with Crippen LogP contribution in [-0.2, 0) is 9.59 Å². The maximum Gasteiger partial charge on any atom is 0.307 e. The number of amides is 1. The minimum atomic E-state index is -0.914. The summed E-state index contributed by atoms with van der Waals surface area (Å²) in [5.41, 5.74) is -0.140. The molecule has 0 unspecified atom stereocenters. The van der Waals surface area contributed by atoms with Crippen molar-refractivity contribution in [2.45, 2.75) is 25.7 Å². The lowest BCUT2D eigenvalue weighted by molar-refractivity contribution is -0.147. The second-order valence-corrected chi connectivity index (χ2v) is 5.37. The number of carbonyl (C=O) groups excluding carboxylic acids is 1. The summed E-state index contributed by atoms with van der Waals surface area (Å²) in [6.45, 7) is 0.537. The highest BCUT2D eigenvalue weighted by atomic mass is 16.4. The van der Waals surface area contributed by atoms with Gasteiger partial charge < -0.3 is 15.5 Å². The van der Waals surface area contributed by atoms with E-state index in [0.717, 1.165) is 12.8 Å².